The molecule has 7 heteroatoms. The molecule has 7 nitrogen and oxygen atoms in total. The highest BCUT2D eigenvalue weighted by Crippen LogP contribution is 2.24. The molecule has 0 spiro atoms. The summed E-state index contributed by atoms with van der Waals surface area (Å²) in [6.45, 7) is 5.11. The minimum atomic E-state index is 0.281. The molecule has 1 atom stereocenters. The third-order valence-electron chi connectivity index (χ3n) is 4.37. The van der Waals surface area contributed by atoms with Crippen LogP contribution in [0.5, 0.6) is 5.75 Å². The molecule has 1 aliphatic rings. The monoisotopic (exact) mass is 339 g/mol. The van der Waals surface area contributed by atoms with Gasteiger partial charge in [0.05, 0.1) is 30.2 Å². The quantitative estimate of drug-likeness (QED) is 0.687. The van der Waals surface area contributed by atoms with Gasteiger partial charge in [0.25, 0.3) is 0 Å². The van der Waals surface area contributed by atoms with E-state index in [2.05, 4.69) is 30.9 Å². The Bertz CT molecular complexity index is 814. The predicted molar refractivity (Wildman–Crippen MR) is 91.0 cm³/mol. The second kappa shape index (κ2) is 7.06. The lowest BCUT2D eigenvalue weighted by atomic mass is 10.1. The zero-order chi connectivity index (χ0) is 17.1. The van der Waals surface area contributed by atoms with Gasteiger partial charge in [0.1, 0.15) is 11.5 Å². The van der Waals surface area contributed by atoms with Crippen LogP contribution in [-0.2, 0) is 13.1 Å². The van der Waals surface area contributed by atoms with Gasteiger partial charge in [-0.1, -0.05) is 5.16 Å². The van der Waals surface area contributed by atoms with E-state index in [4.69, 9.17) is 9.26 Å². The Labute approximate surface area is 146 Å². The molecular formula is C18H21N5O2. The van der Waals surface area contributed by atoms with Crippen molar-refractivity contribution in [3.8, 4) is 5.75 Å². The fourth-order valence-electron chi connectivity index (χ4n) is 3.27. The summed E-state index contributed by atoms with van der Waals surface area (Å²) in [6.07, 6.45) is 6.24. The Morgan fingerprint density at radius 1 is 1.32 bits per heavy atom. The lowest BCUT2D eigenvalue weighted by Crippen LogP contribution is -2.37. The van der Waals surface area contributed by atoms with E-state index in [0.717, 1.165) is 43.3 Å². The Morgan fingerprint density at radius 2 is 2.28 bits per heavy atom. The Morgan fingerprint density at radius 3 is 3.08 bits per heavy atom. The average molecular weight is 339 g/mol. The minimum absolute atomic E-state index is 0.281. The van der Waals surface area contributed by atoms with Crippen molar-refractivity contribution in [2.24, 2.45) is 0 Å². The SMILES string of the molecule is Cc1cc(CN2Cc3ccnn3[C@H](CCOc3cccnc3)C2)no1. The lowest BCUT2D eigenvalue weighted by molar-refractivity contribution is 0.144. The summed E-state index contributed by atoms with van der Waals surface area (Å²) < 4.78 is 13.1. The number of fused-ring (bicyclic) bond motifs is 1. The van der Waals surface area contributed by atoms with E-state index in [9.17, 15) is 0 Å². The average Bonchev–Trinajstić information content (AvgIpc) is 3.25. The number of ether oxygens (including phenoxy) is 1. The highest BCUT2D eigenvalue weighted by atomic mass is 16.5. The van der Waals surface area contributed by atoms with Gasteiger partial charge in [0.2, 0.25) is 0 Å². The normalized spacial score (nSPS) is 17.4. The molecule has 130 valence electrons. The highest BCUT2D eigenvalue weighted by Gasteiger charge is 2.26. The van der Waals surface area contributed by atoms with Crippen LogP contribution in [0.4, 0.5) is 0 Å². The summed E-state index contributed by atoms with van der Waals surface area (Å²) in [6, 6.07) is 8.15. The standard InChI is InChI=1S/C18H21N5O2/c1-14-9-15(21-25-14)11-22-12-16-4-7-20-23(16)17(13-22)5-8-24-18-3-2-6-19-10-18/h2-4,6-7,9-10,17H,5,8,11-13H2,1H3/t17-/m1/s1. The molecule has 3 aromatic heterocycles. The first-order valence-electron chi connectivity index (χ1n) is 8.48. The van der Waals surface area contributed by atoms with Gasteiger partial charge in [-0.05, 0) is 25.1 Å². The summed E-state index contributed by atoms with van der Waals surface area (Å²) in [5.74, 6) is 1.65. The molecule has 0 bridgehead atoms. The van der Waals surface area contributed by atoms with E-state index in [1.165, 1.54) is 5.69 Å². The van der Waals surface area contributed by atoms with Crippen LogP contribution in [0.25, 0.3) is 0 Å². The molecule has 0 fully saturated rings. The molecule has 0 saturated heterocycles. The van der Waals surface area contributed by atoms with Gasteiger partial charge in [0, 0.05) is 44.5 Å². The first-order valence-corrected chi connectivity index (χ1v) is 8.48. The van der Waals surface area contributed by atoms with E-state index < -0.39 is 0 Å². The van der Waals surface area contributed by atoms with Crippen molar-refractivity contribution in [1.29, 1.82) is 0 Å². The van der Waals surface area contributed by atoms with Crippen LogP contribution in [0.3, 0.4) is 0 Å². The van der Waals surface area contributed by atoms with Crippen molar-refractivity contribution in [2.45, 2.75) is 32.5 Å². The Hall–Kier alpha value is -2.67. The van der Waals surface area contributed by atoms with E-state index in [0.29, 0.717) is 6.61 Å². The molecule has 25 heavy (non-hydrogen) atoms. The van der Waals surface area contributed by atoms with E-state index in [-0.39, 0.29) is 6.04 Å². The molecule has 0 N–H and O–H groups in total. The van der Waals surface area contributed by atoms with Crippen LogP contribution in [-0.4, -0.2) is 38.0 Å². The largest absolute Gasteiger partial charge is 0.492 e. The van der Waals surface area contributed by atoms with Gasteiger partial charge in [-0.3, -0.25) is 14.6 Å². The smallest absolute Gasteiger partial charge is 0.137 e. The number of aryl methyl sites for hydroxylation is 1. The van der Waals surface area contributed by atoms with Gasteiger partial charge in [-0.2, -0.15) is 5.10 Å². The summed E-state index contributed by atoms with van der Waals surface area (Å²) in [7, 11) is 0. The van der Waals surface area contributed by atoms with Crippen LogP contribution >= 0.6 is 0 Å². The number of pyridine rings is 1. The maximum atomic E-state index is 5.81. The third-order valence-corrected chi connectivity index (χ3v) is 4.37. The second-order valence-electron chi connectivity index (χ2n) is 6.35. The van der Waals surface area contributed by atoms with Gasteiger partial charge in [-0.25, -0.2) is 0 Å². The van der Waals surface area contributed by atoms with Crippen molar-refractivity contribution in [3.63, 3.8) is 0 Å². The molecule has 3 aromatic rings. The maximum Gasteiger partial charge on any atom is 0.137 e. The number of rotatable bonds is 6. The van der Waals surface area contributed by atoms with E-state index in [1.807, 2.05) is 31.3 Å². The van der Waals surface area contributed by atoms with Gasteiger partial charge < -0.3 is 9.26 Å². The summed E-state index contributed by atoms with van der Waals surface area (Å²) in [5.41, 5.74) is 2.19. The van der Waals surface area contributed by atoms with Crippen LogP contribution in [0.2, 0.25) is 0 Å². The molecule has 0 aromatic carbocycles. The summed E-state index contributed by atoms with van der Waals surface area (Å²) in [5, 5.41) is 8.61. The summed E-state index contributed by atoms with van der Waals surface area (Å²) >= 11 is 0. The molecule has 0 aliphatic carbocycles. The number of hydrogen-bond acceptors (Lipinski definition) is 6. The minimum Gasteiger partial charge on any atom is -0.492 e. The first-order chi connectivity index (χ1) is 12.3. The van der Waals surface area contributed by atoms with E-state index >= 15 is 0 Å². The van der Waals surface area contributed by atoms with Gasteiger partial charge in [-0.15, -0.1) is 0 Å². The van der Waals surface area contributed by atoms with Crippen LogP contribution in [0.15, 0.2) is 47.4 Å². The Balaban J connectivity index is 1.40. The topological polar surface area (TPSA) is 69.2 Å². The fourth-order valence-corrected chi connectivity index (χ4v) is 3.27. The van der Waals surface area contributed by atoms with Crippen molar-refractivity contribution in [2.75, 3.05) is 13.2 Å². The fraction of sp³-hybridized carbons (Fsp3) is 0.389. The van der Waals surface area contributed by atoms with Gasteiger partial charge in [0.15, 0.2) is 0 Å². The van der Waals surface area contributed by atoms with Crippen molar-refractivity contribution >= 4 is 0 Å². The lowest BCUT2D eigenvalue weighted by Gasteiger charge is -2.33. The van der Waals surface area contributed by atoms with Crippen molar-refractivity contribution in [3.05, 3.63) is 60.0 Å². The van der Waals surface area contributed by atoms with E-state index in [1.54, 1.807) is 12.4 Å². The zero-order valence-corrected chi connectivity index (χ0v) is 14.2. The number of nitrogens with zero attached hydrogens (tertiary/aromatic N) is 5. The van der Waals surface area contributed by atoms with Gasteiger partial charge >= 0.3 is 0 Å². The second-order valence-corrected chi connectivity index (χ2v) is 6.35. The Kier molecular flexibility index (Phi) is 4.47. The molecule has 0 radical (unpaired) electrons. The molecule has 4 heterocycles. The molecule has 0 saturated carbocycles. The van der Waals surface area contributed by atoms with Crippen LogP contribution < -0.4 is 4.74 Å². The highest BCUT2D eigenvalue weighted by molar-refractivity contribution is 5.15. The zero-order valence-electron chi connectivity index (χ0n) is 14.2. The van der Waals surface area contributed by atoms with Crippen molar-refractivity contribution < 1.29 is 9.26 Å². The molecule has 1 aliphatic heterocycles. The first kappa shape index (κ1) is 15.8. The molecule has 0 amide bonds. The summed E-state index contributed by atoms with van der Waals surface area (Å²) in [4.78, 5) is 6.45. The molecule has 4 rings (SSSR count). The van der Waals surface area contributed by atoms with Crippen molar-refractivity contribution in [1.82, 2.24) is 24.8 Å². The number of hydrogen-bond donors (Lipinski definition) is 0. The molecular weight excluding hydrogens is 318 g/mol. The van der Waals surface area contributed by atoms with Crippen LogP contribution in [0, 0.1) is 6.92 Å². The predicted octanol–water partition coefficient (Wildman–Crippen LogP) is 2.60. The molecule has 0 unspecified atom stereocenters. The maximum absolute atomic E-state index is 5.81. The van der Waals surface area contributed by atoms with Crippen LogP contribution in [0.1, 0.15) is 29.6 Å². The number of aromatic nitrogens is 4. The third kappa shape index (κ3) is 3.71.